The number of ether oxygens (including phenoxy) is 1. The van der Waals surface area contributed by atoms with Crippen molar-refractivity contribution in [2.45, 2.75) is 32.4 Å². The van der Waals surface area contributed by atoms with E-state index in [-0.39, 0.29) is 11.8 Å². The van der Waals surface area contributed by atoms with Crippen LogP contribution in [0, 0.1) is 11.8 Å². The lowest BCUT2D eigenvalue weighted by molar-refractivity contribution is 0.0345. The molecular weight excluding hydrogens is 318 g/mol. The second kappa shape index (κ2) is 7.31. The lowest BCUT2D eigenvalue weighted by atomic mass is 9.86. The van der Waals surface area contributed by atoms with E-state index in [0.717, 1.165) is 24.8 Å². The predicted molar refractivity (Wildman–Crippen MR) is 90.6 cm³/mol. The second-order valence-electron chi connectivity index (χ2n) is 7.02. The molecule has 0 bridgehead atoms. The number of rotatable bonds is 5. The van der Waals surface area contributed by atoms with Crippen LogP contribution in [-0.4, -0.2) is 50.1 Å². The number of carbonyl (C=O) groups is 1. The summed E-state index contributed by atoms with van der Waals surface area (Å²) in [5.41, 5.74) is 1.47. The fourth-order valence-corrected chi connectivity index (χ4v) is 3.45. The van der Waals surface area contributed by atoms with E-state index in [4.69, 9.17) is 4.74 Å². The normalized spacial score (nSPS) is 20.6. The highest BCUT2D eigenvalue weighted by Crippen LogP contribution is 2.26. The zero-order valence-corrected chi connectivity index (χ0v) is 14.3. The zero-order chi connectivity index (χ0) is 17.1. The van der Waals surface area contributed by atoms with Gasteiger partial charge in [-0.25, -0.2) is 15.0 Å². The van der Waals surface area contributed by atoms with E-state index in [9.17, 15) is 4.79 Å². The Morgan fingerprint density at radius 2 is 2.08 bits per heavy atom. The van der Waals surface area contributed by atoms with Crippen LogP contribution in [0.1, 0.15) is 35.4 Å². The van der Waals surface area contributed by atoms with E-state index >= 15 is 0 Å². The monoisotopic (exact) mass is 341 g/mol. The van der Waals surface area contributed by atoms with Gasteiger partial charge in [-0.05, 0) is 24.8 Å². The summed E-state index contributed by atoms with van der Waals surface area (Å²) in [6.07, 6.45) is 10.6. The minimum absolute atomic E-state index is 0.0685. The van der Waals surface area contributed by atoms with Crippen molar-refractivity contribution in [2.24, 2.45) is 11.8 Å². The summed E-state index contributed by atoms with van der Waals surface area (Å²) >= 11 is 0. The molecule has 4 rings (SSSR count). The number of aromatic nitrogens is 4. The van der Waals surface area contributed by atoms with Crippen molar-refractivity contribution in [3.8, 4) is 0 Å². The predicted octanol–water partition coefficient (Wildman–Crippen LogP) is 1.76. The highest BCUT2D eigenvalue weighted by atomic mass is 16.5. The average Bonchev–Trinajstić information content (AvgIpc) is 2.95. The maximum absolute atomic E-state index is 12.8. The first-order chi connectivity index (χ1) is 12.3. The van der Waals surface area contributed by atoms with Gasteiger partial charge < -0.3 is 14.2 Å². The largest absolute Gasteiger partial charge is 0.381 e. The van der Waals surface area contributed by atoms with Crippen molar-refractivity contribution < 1.29 is 9.53 Å². The standard InChI is InChI=1S/C18H23N5O2/c24-18(17-4-5-19-12-21-17)22-7-15(11-25-10-14-2-1-3-14)8-23-13-20-6-16(23)9-22/h4-6,12-15H,1-3,7-11H2/t15-/m0/s1. The van der Waals surface area contributed by atoms with Gasteiger partial charge in [-0.2, -0.15) is 0 Å². The summed E-state index contributed by atoms with van der Waals surface area (Å²) in [7, 11) is 0. The third-order valence-corrected chi connectivity index (χ3v) is 5.11. The van der Waals surface area contributed by atoms with Gasteiger partial charge in [0.15, 0.2) is 0 Å². The van der Waals surface area contributed by atoms with Crippen LogP contribution in [0.3, 0.4) is 0 Å². The molecule has 1 aliphatic heterocycles. The average molecular weight is 341 g/mol. The first kappa shape index (κ1) is 16.2. The molecule has 132 valence electrons. The molecule has 0 aromatic carbocycles. The molecule has 0 saturated heterocycles. The smallest absolute Gasteiger partial charge is 0.272 e. The summed E-state index contributed by atoms with van der Waals surface area (Å²) in [5, 5.41) is 0. The number of fused-ring (bicyclic) bond motifs is 1. The Hall–Kier alpha value is -2.28. The fraction of sp³-hybridized carbons (Fsp3) is 0.556. The van der Waals surface area contributed by atoms with Crippen LogP contribution in [-0.2, 0) is 17.8 Å². The van der Waals surface area contributed by atoms with Crippen molar-refractivity contribution in [1.82, 2.24) is 24.4 Å². The van der Waals surface area contributed by atoms with Crippen LogP contribution in [0.15, 0.2) is 31.1 Å². The molecule has 1 amide bonds. The lowest BCUT2D eigenvalue weighted by Crippen LogP contribution is -2.36. The number of nitrogens with zero attached hydrogens (tertiary/aromatic N) is 5. The molecule has 3 heterocycles. The van der Waals surface area contributed by atoms with Crippen LogP contribution in [0.2, 0.25) is 0 Å². The summed E-state index contributed by atoms with van der Waals surface area (Å²) in [4.78, 5) is 26.9. The molecular formula is C18H23N5O2. The third-order valence-electron chi connectivity index (χ3n) is 5.11. The van der Waals surface area contributed by atoms with Gasteiger partial charge in [0.25, 0.3) is 5.91 Å². The quantitative estimate of drug-likeness (QED) is 0.828. The Kier molecular flexibility index (Phi) is 4.74. The van der Waals surface area contributed by atoms with E-state index in [0.29, 0.717) is 25.4 Å². The number of imidazole rings is 1. The molecule has 7 heteroatoms. The summed E-state index contributed by atoms with van der Waals surface area (Å²) < 4.78 is 8.09. The zero-order valence-electron chi connectivity index (χ0n) is 14.3. The van der Waals surface area contributed by atoms with E-state index in [1.54, 1.807) is 12.3 Å². The molecule has 1 atom stereocenters. The molecule has 1 aliphatic carbocycles. The molecule has 2 aromatic rings. The van der Waals surface area contributed by atoms with Crippen LogP contribution < -0.4 is 0 Å². The molecule has 1 fully saturated rings. The van der Waals surface area contributed by atoms with Crippen molar-refractivity contribution >= 4 is 5.91 Å². The Labute approximate surface area is 147 Å². The Morgan fingerprint density at radius 3 is 2.84 bits per heavy atom. The van der Waals surface area contributed by atoms with Crippen molar-refractivity contribution in [1.29, 1.82) is 0 Å². The SMILES string of the molecule is O=C(c1ccncn1)N1Cc2cncn2C[C@@H](COCC2CCC2)C1. The van der Waals surface area contributed by atoms with Crippen LogP contribution >= 0.6 is 0 Å². The van der Waals surface area contributed by atoms with Crippen LogP contribution in [0.4, 0.5) is 0 Å². The molecule has 7 nitrogen and oxygen atoms in total. The maximum Gasteiger partial charge on any atom is 0.272 e. The van der Waals surface area contributed by atoms with Gasteiger partial charge in [-0.1, -0.05) is 6.42 Å². The number of hydrogen-bond donors (Lipinski definition) is 0. The highest BCUT2D eigenvalue weighted by Gasteiger charge is 2.27. The van der Waals surface area contributed by atoms with Crippen molar-refractivity contribution in [3.05, 3.63) is 42.5 Å². The van der Waals surface area contributed by atoms with E-state index < -0.39 is 0 Å². The van der Waals surface area contributed by atoms with E-state index in [1.807, 2.05) is 17.4 Å². The Bertz CT molecular complexity index is 713. The van der Waals surface area contributed by atoms with Crippen LogP contribution in [0.25, 0.3) is 0 Å². The fourth-order valence-electron chi connectivity index (χ4n) is 3.45. The topological polar surface area (TPSA) is 73.1 Å². The van der Waals surface area contributed by atoms with Crippen molar-refractivity contribution in [3.63, 3.8) is 0 Å². The molecule has 0 radical (unpaired) electrons. The molecule has 0 unspecified atom stereocenters. The van der Waals surface area contributed by atoms with Gasteiger partial charge >= 0.3 is 0 Å². The molecule has 2 aromatic heterocycles. The van der Waals surface area contributed by atoms with Gasteiger partial charge in [0.2, 0.25) is 0 Å². The van der Waals surface area contributed by atoms with Gasteiger partial charge in [-0.3, -0.25) is 4.79 Å². The maximum atomic E-state index is 12.8. The van der Waals surface area contributed by atoms with E-state index in [2.05, 4.69) is 19.5 Å². The lowest BCUT2D eigenvalue weighted by Gasteiger charge is -2.27. The molecule has 0 spiro atoms. The van der Waals surface area contributed by atoms with Gasteiger partial charge in [0, 0.05) is 38.0 Å². The number of carbonyl (C=O) groups excluding carboxylic acids is 1. The molecule has 1 saturated carbocycles. The number of hydrogen-bond acceptors (Lipinski definition) is 5. The third kappa shape index (κ3) is 3.71. The van der Waals surface area contributed by atoms with Gasteiger partial charge in [0.1, 0.15) is 12.0 Å². The van der Waals surface area contributed by atoms with Gasteiger partial charge in [0.05, 0.1) is 25.2 Å². The van der Waals surface area contributed by atoms with Crippen LogP contribution in [0.5, 0.6) is 0 Å². The molecule has 25 heavy (non-hydrogen) atoms. The highest BCUT2D eigenvalue weighted by molar-refractivity contribution is 5.92. The summed E-state index contributed by atoms with van der Waals surface area (Å²) in [6.45, 7) is 3.54. The summed E-state index contributed by atoms with van der Waals surface area (Å²) in [6, 6.07) is 1.66. The summed E-state index contributed by atoms with van der Waals surface area (Å²) in [5.74, 6) is 0.913. The van der Waals surface area contributed by atoms with Crippen molar-refractivity contribution in [2.75, 3.05) is 19.8 Å². The van der Waals surface area contributed by atoms with Gasteiger partial charge in [-0.15, -0.1) is 0 Å². The van der Waals surface area contributed by atoms with E-state index in [1.165, 1.54) is 25.6 Å². The minimum atomic E-state index is -0.0685. The number of amides is 1. The molecule has 2 aliphatic rings. The first-order valence-electron chi connectivity index (χ1n) is 8.91. The minimum Gasteiger partial charge on any atom is -0.381 e. The molecule has 0 N–H and O–H groups in total. The Morgan fingerprint density at radius 1 is 1.20 bits per heavy atom. The first-order valence-corrected chi connectivity index (χ1v) is 8.91. The second-order valence-corrected chi connectivity index (χ2v) is 7.02. The Balaban J connectivity index is 1.45.